The molecule has 0 radical (unpaired) electrons. The zero-order chi connectivity index (χ0) is 21.1. The molecule has 0 atom stereocenters. The minimum atomic E-state index is -3.18. The molecule has 1 heterocycles. The molecule has 1 fully saturated rings. The second-order valence-electron chi connectivity index (χ2n) is 8.37. The summed E-state index contributed by atoms with van der Waals surface area (Å²) >= 11 is 1.64. The molecule has 0 amide bonds. The van der Waals surface area contributed by atoms with Crippen molar-refractivity contribution in [1.82, 2.24) is 9.71 Å². The van der Waals surface area contributed by atoms with E-state index in [2.05, 4.69) is 57.9 Å². The summed E-state index contributed by atoms with van der Waals surface area (Å²) in [5.74, 6) is 0.551. The zero-order valence-corrected chi connectivity index (χ0v) is 19.1. The monoisotopic (exact) mass is 443 g/mol. The minimum absolute atomic E-state index is 0.0754. The van der Waals surface area contributed by atoms with Gasteiger partial charge in [-0.2, -0.15) is 0 Å². The third-order valence-electron chi connectivity index (χ3n) is 5.91. The van der Waals surface area contributed by atoms with Crippen molar-refractivity contribution in [2.24, 2.45) is 5.92 Å². The van der Waals surface area contributed by atoms with Crippen LogP contribution in [0.3, 0.4) is 0 Å². The second kappa shape index (κ2) is 9.04. The number of sulfonamides is 1. The maximum Gasteiger partial charge on any atom is 0.214 e. The van der Waals surface area contributed by atoms with E-state index in [1.807, 2.05) is 0 Å². The van der Waals surface area contributed by atoms with Crippen LogP contribution in [-0.2, 0) is 10.0 Å². The fourth-order valence-corrected chi connectivity index (χ4v) is 5.71. The number of nitrogens with one attached hydrogen (secondary N) is 2. The lowest BCUT2D eigenvalue weighted by Crippen LogP contribution is -2.41. The van der Waals surface area contributed by atoms with Gasteiger partial charge in [-0.25, -0.2) is 18.1 Å². The number of hydrogen-bond acceptors (Lipinski definition) is 5. The van der Waals surface area contributed by atoms with Gasteiger partial charge in [0.05, 0.1) is 10.9 Å². The quantitative estimate of drug-likeness (QED) is 0.522. The molecule has 0 saturated heterocycles. The fraction of sp³-hybridized carbons (Fsp3) is 0.435. The van der Waals surface area contributed by atoms with E-state index in [9.17, 15) is 8.42 Å². The van der Waals surface area contributed by atoms with Crippen molar-refractivity contribution in [3.8, 4) is 11.3 Å². The maximum atomic E-state index is 12.1. The molecule has 0 bridgehead atoms. The Labute approximate surface area is 183 Å². The van der Waals surface area contributed by atoms with Gasteiger partial charge in [0.25, 0.3) is 0 Å². The molecule has 0 aliphatic heterocycles. The lowest BCUT2D eigenvalue weighted by atomic mass is 9.86. The van der Waals surface area contributed by atoms with Crippen molar-refractivity contribution < 1.29 is 8.42 Å². The molecular weight excluding hydrogens is 414 g/mol. The highest BCUT2D eigenvalue weighted by Crippen LogP contribution is 2.32. The van der Waals surface area contributed by atoms with Crippen LogP contribution in [0.4, 0.5) is 5.13 Å². The first-order chi connectivity index (χ1) is 14.4. The number of hydrogen-bond donors (Lipinski definition) is 2. The van der Waals surface area contributed by atoms with E-state index >= 15 is 0 Å². The van der Waals surface area contributed by atoms with Gasteiger partial charge >= 0.3 is 0 Å². The highest BCUT2D eigenvalue weighted by atomic mass is 32.2. The van der Waals surface area contributed by atoms with E-state index < -0.39 is 10.0 Å². The summed E-state index contributed by atoms with van der Waals surface area (Å²) in [6.45, 7) is 4.32. The van der Waals surface area contributed by atoms with Crippen LogP contribution in [0.1, 0.15) is 39.5 Å². The first-order valence-electron chi connectivity index (χ1n) is 10.6. The maximum absolute atomic E-state index is 12.1. The Morgan fingerprint density at radius 1 is 1.07 bits per heavy atom. The van der Waals surface area contributed by atoms with Crippen molar-refractivity contribution in [3.63, 3.8) is 0 Å². The fourth-order valence-electron chi connectivity index (χ4n) is 4.01. The molecule has 30 heavy (non-hydrogen) atoms. The van der Waals surface area contributed by atoms with Gasteiger partial charge in [-0.15, -0.1) is 11.3 Å². The molecule has 7 heteroatoms. The normalized spacial score (nSPS) is 20.0. The summed E-state index contributed by atoms with van der Waals surface area (Å²) in [5, 5.41) is 8.63. The molecular formula is C23H29N3O2S2. The van der Waals surface area contributed by atoms with E-state index in [1.165, 1.54) is 10.8 Å². The van der Waals surface area contributed by atoms with Crippen LogP contribution in [0.25, 0.3) is 22.0 Å². The molecule has 2 aromatic carbocycles. The van der Waals surface area contributed by atoms with Gasteiger partial charge in [0, 0.05) is 23.5 Å². The standard InChI is InChI=1S/C23H29N3O2S2/c1-16(2)30(27,28)26-19-12-10-17(11-13-19)14-24-23-25-22(15-29-23)21-9-5-7-18-6-3-4-8-20(18)21/h3-9,15-17,19,26H,10-14H2,1-2H3,(H,24,25). The number of anilines is 1. The van der Waals surface area contributed by atoms with E-state index in [1.54, 1.807) is 25.2 Å². The summed E-state index contributed by atoms with van der Waals surface area (Å²) in [5.41, 5.74) is 2.17. The van der Waals surface area contributed by atoms with Gasteiger partial charge in [0.15, 0.2) is 5.13 Å². The number of nitrogens with zero attached hydrogens (tertiary/aromatic N) is 1. The lowest BCUT2D eigenvalue weighted by Gasteiger charge is -2.29. The average molecular weight is 444 g/mol. The molecule has 0 unspecified atom stereocenters. The van der Waals surface area contributed by atoms with Crippen molar-refractivity contribution in [2.75, 3.05) is 11.9 Å². The van der Waals surface area contributed by atoms with E-state index in [4.69, 9.17) is 4.98 Å². The van der Waals surface area contributed by atoms with Crippen LogP contribution >= 0.6 is 11.3 Å². The van der Waals surface area contributed by atoms with E-state index in [0.29, 0.717) is 5.92 Å². The highest BCUT2D eigenvalue weighted by molar-refractivity contribution is 7.90. The van der Waals surface area contributed by atoms with Gasteiger partial charge in [-0.05, 0) is 56.2 Å². The SMILES string of the molecule is CC(C)S(=O)(=O)NC1CCC(CNc2nc(-c3cccc4ccccc34)cs2)CC1. The predicted molar refractivity (Wildman–Crippen MR) is 126 cm³/mol. The van der Waals surface area contributed by atoms with E-state index in [0.717, 1.165) is 48.6 Å². The zero-order valence-electron chi connectivity index (χ0n) is 17.5. The topological polar surface area (TPSA) is 71.1 Å². The van der Waals surface area contributed by atoms with Crippen LogP contribution in [-0.4, -0.2) is 31.2 Å². The Morgan fingerprint density at radius 2 is 1.80 bits per heavy atom. The average Bonchev–Trinajstić information content (AvgIpc) is 3.21. The summed E-state index contributed by atoms with van der Waals surface area (Å²) in [4.78, 5) is 4.81. The summed E-state index contributed by atoms with van der Waals surface area (Å²) < 4.78 is 27.0. The first kappa shape index (κ1) is 21.3. The summed E-state index contributed by atoms with van der Waals surface area (Å²) in [6, 6.07) is 14.8. The molecule has 1 aromatic heterocycles. The van der Waals surface area contributed by atoms with Gasteiger partial charge in [0.1, 0.15) is 0 Å². The summed E-state index contributed by atoms with van der Waals surface area (Å²) in [7, 11) is -3.18. The second-order valence-corrected chi connectivity index (χ2v) is 11.5. The minimum Gasteiger partial charge on any atom is -0.361 e. The Bertz CT molecular complexity index is 1100. The number of thiazole rings is 1. The van der Waals surface area contributed by atoms with Crippen LogP contribution in [0.15, 0.2) is 47.8 Å². The smallest absolute Gasteiger partial charge is 0.214 e. The van der Waals surface area contributed by atoms with Crippen molar-refractivity contribution in [3.05, 3.63) is 47.8 Å². The Kier molecular flexibility index (Phi) is 6.41. The largest absolute Gasteiger partial charge is 0.361 e. The van der Waals surface area contributed by atoms with Crippen molar-refractivity contribution >= 4 is 37.3 Å². The molecule has 5 nitrogen and oxygen atoms in total. The lowest BCUT2D eigenvalue weighted by molar-refractivity contribution is 0.323. The van der Waals surface area contributed by atoms with Crippen LogP contribution in [0.5, 0.6) is 0 Å². The van der Waals surface area contributed by atoms with Crippen molar-refractivity contribution in [2.45, 2.75) is 50.8 Å². The van der Waals surface area contributed by atoms with Crippen molar-refractivity contribution in [1.29, 1.82) is 0 Å². The van der Waals surface area contributed by atoms with Gasteiger partial charge in [0.2, 0.25) is 10.0 Å². The number of fused-ring (bicyclic) bond motifs is 1. The molecule has 3 aromatic rings. The molecule has 1 saturated carbocycles. The predicted octanol–water partition coefficient (Wildman–Crippen LogP) is 5.26. The number of benzene rings is 2. The number of aromatic nitrogens is 1. The molecule has 1 aliphatic rings. The Balaban J connectivity index is 1.33. The van der Waals surface area contributed by atoms with Crippen LogP contribution in [0.2, 0.25) is 0 Å². The molecule has 4 rings (SSSR count). The van der Waals surface area contributed by atoms with Gasteiger partial charge < -0.3 is 5.32 Å². The molecule has 160 valence electrons. The van der Waals surface area contributed by atoms with Gasteiger partial charge in [-0.1, -0.05) is 42.5 Å². The van der Waals surface area contributed by atoms with Gasteiger partial charge in [-0.3, -0.25) is 0 Å². The Hall–Kier alpha value is -1.96. The third kappa shape index (κ3) is 4.85. The van der Waals surface area contributed by atoms with Crippen LogP contribution in [0, 0.1) is 5.92 Å². The third-order valence-corrected chi connectivity index (χ3v) is 8.61. The summed E-state index contributed by atoms with van der Waals surface area (Å²) in [6.07, 6.45) is 3.86. The first-order valence-corrected chi connectivity index (χ1v) is 13.0. The molecule has 1 aliphatic carbocycles. The highest BCUT2D eigenvalue weighted by Gasteiger charge is 2.26. The molecule has 0 spiro atoms. The van der Waals surface area contributed by atoms with Crippen LogP contribution < -0.4 is 10.0 Å². The van der Waals surface area contributed by atoms with E-state index in [-0.39, 0.29) is 11.3 Å². The Morgan fingerprint density at radius 3 is 2.57 bits per heavy atom. The molecule has 2 N–H and O–H groups in total. The number of rotatable bonds is 7.